The van der Waals surface area contributed by atoms with Crippen LogP contribution in [0.4, 0.5) is 0 Å². The van der Waals surface area contributed by atoms with Gasteiger partial charge in [-0.1, -0.05) is 17.3 Å². The topological polar surface area (TPSA) is 47.9 Å². The molecule has 0 bridgehead atoms. The minimum absolute atomic E-state index is 0.448. The summed E-state index contributed by atoms with van der Waals surface area (Å²) in [6.45, 7) is 1.29. The zero-order valence-corrected chi connectivity index (χ0v) is 8.06. The van der Waals surface area contributed by atoms with Crippen molar-refractivity contribution in [1.82, 2.24) is 0 Å². The molecule has 0 N–H and O–H groups in total. The Bertz CT molecular complexity index is 347. The smallest absolute Gasteiger partial charge is 0.331 e. The lowest BCUT2D eigenvalue weighted by Gasteiger charge is -2.01. The largest absolute Gasteiger partial charge is 0.496 e. The molecule has 0 amide bonds. The predicted octanol–water partition coefficient (Wildman–Crippen LogP) is 1.59. The molecule has 0 radical (unpaired) electrons. The summed E-state index contributed by atoms with van der Waals surface area (Å²) in [7, 11) is 1.57. The summed E-state index contributed by atoms with van der Waals surface area (Å²) in [4.78, 5) is 14.8. The Morgan fingerprint density at radius 1 is 1.43 bits per heavy atom. The van der Waals surface area contributed by atoms with Crippen LogP contribution >= 0.6 is 0 Å². The second-order valence-corrected chi connectivity index (χ2v) is 2.56. The average molecular weight is 193 g/mol. The fourth-order valence-corrected chi connectivity index (χ4v) is 0.930. The van der Waals surface area contributed by atoms with Crippen LogP contribution < -0.4 is 4.74 Å². The van der Waals surface area contributed by atoms with Gasteiger partial charge in [0.15, 0.2) is 0 Å². The van der Waals surface area contributed by atoms with E-state index in [0.29, 0.717) is 5.75 Å². The molecule has 4 nitrogen and oxygen atoms in total. The van der Waals surface area contributed by atoms with Crippen LogP contribution in [0.5, 0.6) is 5.75 Å². The summed E-state index contributed by atoms with van der Waals surface area (Å²) >= 11 is 0. The lowest BCUT2D eigenvalue weighted by molar-refractivity contribution is -0.140. The van der Waals surface area contributed by atoms with E-state index in [2.05, 4.69) is 9.99 Å². The molecule has 0 aliphatic rings. The number of benzene rings is 1. The third-order valence-electron chi connectivity index (χ3n) is 1.51. The number of nitrogens with zero attached hydrogens (tertiary/aromatic N) is 1. The zero-order chi connectivity index (χ0) is 10.4. The van der Waals surface area contributed by atoms with Gasteiger partial charge >= 0.3 is 5.97 Å². The first-order valence-electron chi connectivity index (χ1n) is 4.08. The number of hydrogen-bond donors (Lipinski definition) is 0. The number of rotatable bonds is 3. The first-order chi connectivity index (χ1) is 6.74. The van der Waals surface area contributed by atoms with E-state index in [1.807, 2.05) is 18.2 Å². The molecule has 0 fully saturated rings. The van der Waals surface area contributed by atoms with Crippen LogP contribution in [0.3, 0.4) is 0 Å². The number of carbonyl (C=O) groups excluding carboxylic acids is 1. The lowest BCUT2D eigenvalue weighted by atomic mass is 10.2. The number of ether oxygens (including phenoxy) is 1. The normalized spacial score (nSPS) is 10.1. The van der Waals surface area contributed by atoms with Gasteiger partial charge in [-0.05, 0) is 12.1 Å². The SMILES string of the molecule is COc1ccccc1/C=N\OC(C)=O. The lowest BCUT2D eigenvalue weighted by Crippen LogP contribution is -1.93. The van der Waals surface area contributed by atoms with Crippen LogP contribution in [0.15, 0.2) is 29.4 Å². The van der Waals surface area contributed by atoms with Crippen molar-refractivity contribution in [2.24, 2.45) is 5.16 Å². The highest BCUT2D eigenvalue weighted by Gasteiger charge is 1.97. The van der Waals surface area contributed by atoms with E-state index in [9.17, 15) is 4.79 Å². The van der Waals surface area contributed by atoms with Gasteiger partial charge in [-0.2, -0.15) is 0 Å². The summed E-state index contributed by atoms with van der Waals surface area (Å²) in [6.07, 6.45) is 1.43. The summed E-state index contributed by atoms with van der Waals surface area (Å²) in [5, 5.41) is 3.50. The number of hydrogen-bond acceptors (Lipinski definition) is 4. The van der Waals surface area contributed by atoms with E-state index in [-0.39, 0.29) is 0 Å². The third-order valence-corrected chi connectivity index (χ3v) is 1.51. The first-order valence-corrected chi connectivity index (χ1v) is 4.08. The molecule has 1 aromatic carbocycles. The summed E-state index contributed by atoms with van der Waals surface area (Å²) in [5.74, 6) is 0.236. The Hall–Kier alpha value is -1.84. The monoisotopic (exact) mass is 193 g/mol. The molecule has 0 saturated carbocycles. The van der Waals surface area contributed by atoms with Crippen molar-refractivity contribution in [1.29, 1.82) is 0 Å². The third kappa shape index (κ3) is 2.90. The number of para-hydroxylation sites is 1. The Labute approximate surface area is 82.1 Å². The van der Waals surface area contributed by atoms with Crippen molar-refractivity contribution >= 4 is 12.2 Å². The fraction of sp³-hybridized carbons (Fsp3) is 0.200. The molecular formula is C10H11NO3. The van der Waals surface area contributed by atoms with Crippen molar-refractivity contribution in [2.75, 3.05) is 7.11 Å². The molecule has 1 rings (SSSR count). The molecule has 4 heteroatoms. The second-order valence-electron chi connectivity index (χ2n) is 2.56. The molecule has 0 saturated heterocycles. The molecule has 0 heterocycles. The Kier molecular flexibility index (Phi) is 3.67. The standard InChI is InChI=1S/C10H11NO3/c1-8(12)14-11-7-9-5-3-4-6-10(9)13-2/h3-7H,1-2H3/b11-7-. The Morgan fingerprint density at radius 2 is 2.14 bits per heavy atom. The maximum absolute atomic E-state index is 10.4. The van der Waals surface area contributed by atoms with Gasteiger partial charge in [-0.15, -0.1) is 0 Å². The molecule has 14 heavy (non-hydrogen) atoms. The highest BCUT2D eigenvalue weighted by molar-refractivity contribution is 5.83. The fourth-order valence-electron chi connectivity index (χ4n) is 0.930. The van der Waals surface area contributed by atoms with Crippen LogP contribution in [0.25, 0.3) is 0 Å². The maximum atomic E-state index is 10.4. The summed E-state index contributed by atoms with van der Waals surface area (Å²) in [6, 6.07) is 7.31. The molecule has 0 aliphatic carbocycles. The van der Waals surface area contributed by atoms with E-state index >= 15 is 0 Å². The van der Waals surface area contributed by atoms with Gasteiger partial charge in [0.25, 0.3) is 0 Å². The quantitative estimate of drug-likeness (QED) is 0.416. The molecule has 0 aliphatic heterocycles. The van der Waals surface area contributed by atoms with Crippen LogP contribution in [0, 0.1) is 0 Å². The number of oxime groups is 1. The minimum Gasteiger partial charge on any atom is -0.496 e. The number of methoxy groups -OCH3 is 1. The molecular weight excluding hydrogens is 182 g/mol. The first kappa shape index (κ1) is 10.2. The zero-order valence-electron chi connectivity index (χ0n) is 8.06. The van der Waals surface area contributed by atoms with Crippen LogP contribution in [-0.4, -0.2) is 19.3 Å². The summed E-state index contributed by atoms with van der Waals surface area (Å²) in [5.41, 5.74) is 0.760. The van der Waals surface area contributed by atoms with Crippen LogP contribution in [0.1, 0.15) is 12.5 Å². The second kappa shape index (κ2) is 5.01. The molecule has 0 aromatic heterocycles. The molecule has 0 unspecified atom stereocenters. The van der Waals surface area contributed by atoms with Crippen molar-refractivity contribution in [2.45, 2.75) is 6.92 Å². The van der Waals surface area contributed by atoms with Crippen molar-refractivity contribution in [3.05, 3.63) is 29.8 Å². The highest BCUT2D eigenvalue weighted by Crippen LogP contribution is 2.14. The minimum atomic E-state index is -0.448. The van der Waals surface area contributed by atoms with E-state index in [0.717, 1.165) is 5.56 Å². The van der Waals surface area contributed by atoms with Crippen LogP contribution in [0.2, 0.25) is 0 Å². The van der Waals surface area contributed by atoms with Gasteiger partial charge in [-0.3, -0.25) is 0 Å². The van der Waals surface area contributed by atoms with Crippen molar-refractivity contribution in [3.63, 3.8) is 0 Å². The van der Waals surface area contributed by atoms with Gasteiger partial charge in [0.05, 0.1) is 13.3 Å². The summed E-state index contributed by atoms with van der Waals surface area (Å²) < 4.78 is 5.07. The molecule has 74 valence electrons. The van der Waals surface area contributed by atoms with Crippen LogP contribution in [-0.2, 0) is 9.63 Å². The Balaban J connectivity index is 2.75. The van der Waals surface area contributed by atoms with Gasteiger partial charge < -0.3 is 9.57 Å². The van der Waals surface area contributed by atoms with Crippen molar-refractivity contribution < 1.29 is 14.4 Å². The maximum Gasteiger partial charge on any atom is 0.331 e. The van der Waals surface area contributed by atoms with E-state index in [4.69, 9.17) is 4.74 Å². The molecule has 0 atom stereocenters. The van der Waals surface area contributed by atoms with Crippen molar-refractivity contribution in [3.8, 4) is 5.75 Å². The van der Waals surface area contributed by atoms with E-state index in [1.165, 1.54) is 13.1 Å². The highest BCUT2D eigenvalue weighted by atomic mass is 16.7. The average Bonchev–Trinajstić information content (AvgIpc) is 2.18. The Morgan fingerprint density at radius 3 is 2.79 bits per heavy atom. The molecule has 0 spiro atoms. The van der Waals surface area contributed by atoms with Gasteiger partial charge in [0.1, 0.15) is 5.75 Å². The molecule has 1 aromatic rings. The number of carbonyl (C=O) groups is 1. The van der Waals surface area contributed by atoms with E-state index in [1.54, 1.807) is 13.2 Å². The van der Waals surface area contributed by atoms with Gasteiger partial charge in [0, 0.05) is 12.5 Å². The van der Waals surface area contributed by atoms with Gasteiger partial charge in [-0.25, -0.2) is 4.79 Å². The predicted molar refractivity (Wildman–Crippen MR) is 52.4 cm³/mol. The van der Waals surface area contributed by atoms with Gasteiger partial charge in [0.2, 0.25) is 0 Å². The van der Waals surface area contributed by atoms with E-state index < -0.39 is 5.97 Å².